The highest BCUT2D eigenvalue weighted by molar-refractivity contribution is 9.10. The SMILES string of the molecule is C=CCn1c(SCC(=O)Nc2nc(-c3cccc(Br)c3)cs2)nnc1-c1occc1C. The number of benzene rings is 1. The third-order valence-corrected chi connectivity index (χ3v) is 6.51. The molecule has 31 heavy (non-hydrogen) atoms. The van der Waals surface area contributed by atoms with E-state index in [0.29, 0.717) is 28.4 Å². The number of rotatable bonds is 8. The van der Waals surface area contributed by atoms with E-state index in [-0.39, 0.29) is 11.7 Å². The number of nitrogens with zero attached hydrogens (tertiary/aromatic N) is 4. The Morgan fingerprint density at radius 2 is 2.26 bits per heavy atom. The van der Waals surface area contributed by atoms with Gasteiger partial charge in [0.05, 0.1) is 17.7 Å². The standard InChI is InChI=1S/C21H18BrN5O2S2/c1-3-8-27-19(18-13(2)7-9-29-18)25-26-21(27)31-12-17(28)24-20-23-16(11-30-20)14-5-4-6-15(22)10-14/h3-7,9-11H,1,8,12H2,2H3,(H,23,24,28). The normalized spacial score (nSPS) is 10.9. The minimum absolute atomic E-state index is 0.163. The highest BCUT2D eigenvalue weighted by Crippen LogP contribution is 2.29. The second kappa shape index (κ2) is 9.63. The first kappa shape index (κ1) is 21.5. The Hall–Kier alpha value is -2.69. The molecule has 3 heterocycles. The van der Waals surface area contributed by atoms with Gasteiger partial charge in [-0.05, 0) is 30.7 Å². The van der Waals surface area contributed by atoms with Crippen LogP contribution in [0.2, 0.25) is 0 Å². The summed E-state index contributed by atoms with van der Waals surface area (Å²) in [6.45, 7) is 6.26. The van der Waals surface area contributed by atoms with Crippen molar-refractivity contribution in [3.05, 3.63) is 64.7 Å². The number of nitrogens with one attached hydrogen (secondary N) is 1. The second-order valence-electron chi connectivity index (χ2n) is 6.52. The van der Waals surface area contributed by atoms with Gasteiger partial charge >= 0.3 is 0 Å². The van der Waals surface area contributed by atoms with Crippen molar-refractivity contribution >= 4 is 50.1 Å². The molecule has 1 aromatic carbocycles. The number of aromatic nitrogens is 4. The van der Waals surface area contributed by atoms with Crippen LogP contribution in [-0.4, -0.2) is 31.4 Å². The van der Waals surface area contributed by atoms with Crippen LogP contribution in [0.5, 0.6) is 0 Å². The summed E-state index contributed by atoms with van der Waals surface area (Å²) in [5, 5.41) is 14.4. The van der Waals surface area contributed by atoms with E-state index >= 15 is 0 Å². The predicted octanol–water partition coefficient (Wildman–Crippen LogP) is 5.65. The van der Waals surface area contributed by atoms with E-state index < -0.39 is 0 Å². The molecule has 0 fully saturated rings. The molecule has 0 radical (unpaired) electrons. The number of carbonyl (C=O) groups is 1. The molecule has 4 aromatic rings. The zero-order chi connectivity index (χ0) is 21.8. The molecule has 0 unspecified atom stereocenters. The lowest BCUT2D eigenvalue weighted by atomic mass is 10.2. The molecule has 1 amide bonds. The number of furan rings is 1. The van der Waals surface area contributed by atoms with Crippen molar-refractivity contribution in [3.8, 4) is 22.8 Å². The molecule has 0 saturated carbocycles. The zero-order valence-electron chi connectivity index (χ0n) is 16.5. The van der Waals surface area contributed by atoms with E-state index in [9.17, 15) is 4.79 Å². The molecular formula is C21H18BrN5O2S2. The Balaban J connectivity index is 1.42. The Morgan fingerprint density at radius 1 is 1.39 bits per heavy atom. The van der Waals surface area contributed by atoms with Crippen LogP contribution in [0, 0.1) is 6.92 Å². The highest BCUT2D eigenvalue weighted by Gasteiger charge is 2.19. The first-order chi connectivity index (χ1) is 15.0. The van der Waals surface area contributed by atoms with Gasteiger partial charge in [0.2, 0.25) is 11.7 Å². The minimum Gasteiger partial charge on any atom is -0.461 e. The van der Waals surface area contributed by atoms with Crippen LogP contribution in [0.1, 0.15) is 5.56 Å². The predicted molar refractivity (Wildman–Crippen MR) is 127 cm³/mol. The average molecular weight is 516 g/mol. The van der Waals surface area contributed by atoms with Crippen molar-refractivity contribution in [3.63, 3.8) is 0 Å². The fourth-order valence-corrected chi connectivity index (χ4v) is 4.74. The van der Waals surface area contributed by atoms with E-state index in [1.807, 2.05) is 47.2 Å². The van der Waals surface area contributed by atoms with Crippen molar-refractivity contribution < 1.29 is 9.21 Å². The number of hydrogen-bond donors (Lipinski definition) is 1. The van der Waals surface area contributed by atoms with E-state index in [2.05, 4.69) is 43.0 Å². The maximum absolute atomic E-state index is 12.5. The summed E-state index contributed by atoms with van der Waals surface area (Å²) < 4.78 is 8.41. The van der Waals surface area contributed by atoms with Crippen LogP contribution in [0.4, 0.5) is 5.13 Å². The Morgan fingerprint density at radius 3 is 3.00 bits per heavy atom. The van der Waals surface area contributed by atoms with E-state index in [0.717, 1.165) is 21.3 Å². The number of amides is 1. The maximum atomic E-state index is 12.5. The molecule has 0 aliphatic heterocycles. The minimum atomic E-state index is -0.163. The highest BCUT2D eigenvalue weighted by atomic mass is 79.9. The van der Waals surface area contributed by atoms with Crippen molar-refractivity contribution in [2.24, 2.45) is 0 Å². The zero-order valence-corrected chi connectivity index (χ0v) is 19.8. The summed E-state index contributed by atoms with van der Waals surface area (Å²) in [5.41, 5.74) is 2.77. The van der Waals surface area contributed by atoms with Crippen LogP contribution in [0.25, 0.3) is 22.8 Å². The van der Waals surface area contributed by atoms with Crippen LogP contribution < -0.4 is 5.32 Å². The number of aryl methyl sites for hydroxylation is 1. The Kier molecular flexibility index (Phi) is 6.69. The molecule has 0 aliphatic carbocycles. The number of hydrogen-bond acceptors (Lipinski definition) is 7. The van der Waals surface area contributed by atoms with Crippen LogP contribution in [0.3, 0.4) is 0 Å². The fraction of sp³-hybridized carbons (Fsp3) is 0.143. The summed E-state index contributed by atoms with van der Waals surface area (Å²) >= 11 is 6.15. The molecule has 0 spiro atoms. The van der Waals surface area contributed by atoms with Gasteiger partial charge in [-0.15, -0.1) is 28.1 Å². The number of carbonyl (C=O) groups excluding carboxylic acids is 1. The summed E-state index contributed by atoms with van der Waals surface area (Å²) in [7, 11) is 0. The number of anilines is 1. The average Bonchev–Trinajstić information content (AvgIpc) is 3.47. The molecule has 1 N–H and O–H groups in total. The topological polar surface area (TPSA) is 85.8 Å². The summed E-state index contributed by atoms with van der Waals surface area (Å²) in [4.78, 5) is 17.0. The molecule has 158 valence electrons. The maximum Gasteiger partial charge on any atom is 0.236 e. The van der Waals surface area contributed by atoms with Crippen molar-refractivity contribution in [1.29, 1.82) is 0 Å². The van der Waals surface area contributed by atoms with Crippen molar-refractivity contribution in [1.82, 2.24) is 19.7 Å². The Labute approximate surface area is 195 Å². The van der Waals surface area contributed by atoms with Crippen molar-refractivity contribution in [2.75, 3.05) is 11.1 Å². The monoisotopic (exact) mass is 515 g/mol. The molecule has 10 heteroatoms. The molecule has 4 rings (SSSR count). The fourth-order valence-electron chi connectivity index (χ4n) is 2.86. The molecule has 0 aliphatic rings. The number of thioether (sulfide) groups is 1. The van der Waals surface area contributed by atoms with Crippen LogP contribution in [0.15, 0.2) is 68.7 Å². The summed E-state index contributed by atoms with van der Waals surface area (Å²) in [6, 6.07) is 9.75. The van der Waals surface area contributed by atoms with E-state index in [1.165, 1.54) is 23.1 Å². The van der Waals surface area contributed by atoms with Gasteiger partial charge in [0.15, 0.2) is 16.0 Å². The van der Waals surface area contributed by atoms with Gasteiger partial charge in [0.25, 0.3) is 0 Å². The number of thiazole rings is 1. The van der Waals surface area contributed by atoms with E-state index in [1.54, 1.807) is 12.3 Å². The lowest BCUT2D eigenvalue weighted by Crippen LogP contribution is -2.14. The second-order valence-corrected chi connectivity index (χ2v) is 9.24. The molecule has 0 atom stereocenters. The third kappa shape index (κ3) is 4.97. The lowest BCUT2D eigenvalue weighted by Gasteiger charge is -2.06. The number of halogens is 1. The van der Waals surface area contributed by atoms with E-state index in [4.69, 9.17) is 4.42 Å². The quantitative estimate of drug-likeness (QED) is 0.241. The molecule has 0 bridgehead atoms. The molecule has 0 saturated heterocycles. The number of allylic oxidation sites excluding steroid dienone is 1. The van der Waals surface area contributed by atoms with Gasteiger partial charge in [0, 0.05) is 22.0 Å². The van der Waals surface area contributed by atoms with Crippen molar-refractivity contribution in [2.45, 2.75) is 18.6 Å². The van der Waals surface area contributed by atoms with Gasteiger partial charge in [-0.2, -0.15) is 0 Å². The molecule has 3 aromatic heterocycles. The lowest BCUT2D eigenvalue weighted by molar-refractivity contribution is -0.113. The largest absolute Gasteiger partial charge is 0.461 e. The third-order valence-electron chi connectivity index (χ3n) is 4.30. The van der Waals surface area contributed by atoms with Gasteiger partial charge in [-0.1, -0.05) is 45.9 Å². The van der Waals surface area contributed by atoms with Gasteiger partial charge in [-0.3, -0.25) is 9.36 Å². The van der Waals surface area contributed by atoms with Gasteiger partial charge < -0.3 is 9.73 Å². The first-order valence-electron chi connectivity index (χ1n) is 9.28. The Bertz CT molecular complexity index is 1230. The summed E-state index contributed by atoms with van der Waals surface area (Å²) in [6.07, 6.45) is 3.38. The smallest absolute Gasteiger partial charge is 0.236 e. The summed E-state index contributed by atoms with van der Waals surface area (Å²) in [5.74, 6) is 1.29. The first-order valence-corrected chi connectivity index (χ1v) is 11.9. The van der Waals surface area contributed by atoms with Gasteiger partial charge in [-0.25, -0.2) is 4.98 Å². The molecular weight excluding hydrogens is 498 g/mol. The van der Waals surface area contributed by atoms with Crippen LogP contribution >= 0.6 is 39.0 Å². The van der Waals surface area contributed by atoms with Crippen LogP contribution in [-0.2, 0) is 11.3 Å². The molecule has 7 nitrogen and oxygen atoms in total. The van der Waals surface area contributed by atoms with Gasteiger partial charge in [0.1, 0.15) is 0 Å².